The van der Waals surface area contributed by atoms with Crippen molar-refractivity contribution in [2.45, 2.75) is 38.8 Å². The summed E-state index contributed by atoms with van der Waals surface area (Å²) in [6, 6.07) is 0.0942. The Balaban J connectivity index is 1.98. The number of aromatic nitrogens is 1. The summed E-state index contributed by atoms with van der Waals surface area (Å²) in [5.41, 5.74) is 2.47. The van der Waals surface area contributed by atoms with Crippen molar-refractivity contribution in [2.24, 2.45) is 0 Å². The number of nitrogens with one attached hydrogen (secondary N) is 1. The summed E-state index contributed by atoms with van der Waals surface area (Å²) < 4.78 is 28.3. The molecule has 2 heterocycles. The molecule has 2 rings (SSSR count). The molecule has 17 heavy (non-hydrogen) atoms. The molecule has 1 aliphatic heterocycles. The highest BCUT2D eigenvalue weighted by molar-refractivity contribution is 7.87. The molecule has 1 aromatic heterocycles. The Hall–Kier alpha value is -0.500. The van der Waals surface area contributed by atoms with Crippen molar-refractivity contribution in [1.82, 2.24) is 14.0 Å². The van der Waals surface area contributed by atoms with Crippen molar-refractivity contribution in [2.75, 3.05) is 6.54 Å². The van der Waals surface area contributed by atoms with Crippen LogP contribution in [0.4, 0.5) is 0 Å². The maximum absolute atomic E-state index is 12.1. The molecule has 0 bridgehead atoms. The normalized spacial score (nSPS) is 22.8. The molecule has 5 nitrogen and oxygen atoms in total. The van der Waals surface area contributed by atoms with Crippen LogP contribution in [0, 0.1) is 0 Å². The van der Waals surface area contributed by atoms with Crippen LogP contribution < -0.4 is 4.72 Å². The van der Waals surface area contributed by atoms with Crippen LogP contribution in [0.2, 0.25) is 0 Å². The lowest BCUT2D eigenvalue weighted by Gasteiger charge is -2.32. The Morgan fingerprint density at radius 3 is 3.06 bits per heavy atom. The minimum absolute atomic E-state index is 0.0942. The minimum atomic E-state index is -3.36. The number of hydrogen-bond donors (Lipinski definition) is 1. The van der Waals surface area contributed by atoms with Gasteiger partial charge in [0.15, 0.2) is 0 Å². The average molecular weight is 275 g/mol. The van der Waals surface area contributed by atoms with E-state index in [1.807, 2.05) is 12.3 Å². The summed E-state index contributed by atoms with van der Waals surface area (Å²) in [4.78, 5) is 4.06. The van der Waals surface area contributed by atoms with Gasteiger partial charge in [-0.1, -0.05) is 6.42 Å². The Morgan fingerprint density at radius 1 is 1.59 bits per heavy atom. The molecule has 1 N–H and O–H groups in total. The van der Waals surface area contributed by atoms with Crippen molar-refractivity contribution in [1.29, 1.82) is 0 Å². The lowest BCUT2D eigenvalue weighted by molar-refractivity contribution is 0.265. The molecule has 1 aromatic rings. The molecular formula is C10H17N3O2S2. The Labute approximate surface area is 106 Å². The first kappa shape index (κ1) is 12.9. The first-order valence-corrected chi connectivity index (χ1v) is 8.11. The highest BCUT2D eigenvalue weighted by Gasteiger charge is 2.29. The molecule has 0 amide bonds. The molecule has 7 heteroatoms. The standard InChI is InChI=1S/C10H17N3O2S2/c1-9-4-2-3-5-13(9)17(14,15)12-6-10-7-16-8-11-10/h7-9,12H,2-6H2,1H3. The van der Waals surface area contributed by atoms with E-state index in [-0.39, 0.29) is 12.6 Å². The van der Waals surface area contributed by atoms with E-state index < -0.39 is 10.2 Å². The van der Waals surface area contributed by atoms with Gasteiger partial charge in [0, 0.05) is 18.0 Å². The number of nitrogens with zero attached hydrogens (tertiary/aromatic N) is 2. The third-order valence-electron chi connectivity index (χ3n) is 2.97. The van der Waals surface area contributed by atoms with E-state index in [2.05, 4.69) is 9.71 Å². The molecule has 96 valence electrons. The predicted molar refractivity (Wildman–Crippen MR) is 67.9 cm³/mol. The molecule has 1 aliphatic rings. The second-order valence-electron chi connectivity index (χ2n) is 4.26. The van der Waals surface area contributed by atoms with E-state index in [0.717, 1.165) is 25.0 Å². The van der Waals surface area contributed by atoms with Crippen molar-refractivity contribution >= 4 is 21.5 Å². The molecule has 0 spiro atoms. The predicted octanol–water partition coefficient (Wildman–Crippen LogP) is 1.35. The van der Waals surface area contributed by atoms with Crippen LogP contribution in [0.5, 0.6) is 0 Å². The van der Waals surface area contributed by atoms with Crippen molar-refractivity contribution < 1.29 is 8.42 Å². The zero-order valence-corrected chi connectivity index (χ0v) is 11.4. The third kappa shape index (κ3) is 3.25. The first-order valence-electron chi connectivity index (χ1n) is 5.73. The summed E-state index contributed by atoms with van der Waals surface area (Å²) in [6.07, 6.45) is 3.00. The molecule has 0 aliphatic carbocycles. The van der Waals surface area contributed by atoms with E-state index in [9.17, 15) is 8.42 Å². The van der Waals surface area contributed by atoms with Crippen LogP contribution in [0.1, 0.15) is 31.9 Å². The topological polar surface area (TPSA) is 62.3 Å². The Morgan fingerprint density at radius 2 is 2.41 bits per heavy atom. The zero-order valence-electron chi connectivity index (χ0n) is 9.80. The van der Waals surface area contributed by atoms with Gasteiger partial charge < -0.3 is 0 Å². The van der Waals surface area contributed by atoms with E-state index >= 15 is 0 Å². The van der Waals surface area contributed by atoms with Gasteiger partial charge in [-0.25, -0.2) is 4.98 Å². The van der Waals surface area contributed by atoms with Gasteiger partial charge in [-0.05, 0) is 19.8 Å². The highest BCUT2D eigenvalue weighted by atomic mass is 32.2. The maximum Gasteiger partial charge on any atom is 0.280 e. The third-order valence-corrected chi connectivity index (χ3v) is 5.27. The molecule has 1 saturated heterocycles. The van der Waals surface area contributed by atoms with Gasteiger partial charge in [-0.15, -0.1) is 11.3 Å². The van der Waals surface area contributed by atoms with Gasteiger partial charge >= 0.3 is 0 Å². The average Bonchev–Trinajstić information content (AvgIpc) is 2.80. The molecule has 0 radical (unpaired) electrons. The van der Waals surface area contributed by atoms with Gasteiger partial charge in [0.1, 0.15) is 0 Å². The summed E-state index contributed by atoms with van der Waals surface area (Å²) in [5, 5.41) is 1.85. The lowest BCUT2D eigenvalue weighted by Crippen LogP contribution is -2.47. The fourth-order valence-electron chi connectivity index (χ4n) is 2.00. The second-order valence-corrected chi connectivity index (χ2v) is 6.69. The van der Waals surface area contributed by atoms with Gasteiger partial charge in [-0.3, -0.25) is 0 Å². The SMILES string of the molecule is CC1CCCCN1S(=O)(=O)NCc1cscn1. The minimum Gasteiger partial charge on any atom is -0.248 e. The van der Waals surface area contributed by atoms with Crippen LogP contribution in [0.15, 0.2) is 10.9 Å². The van der Waals surface area contributed by atoms with Gasteiger partial charge in [0.2, 0.25) is 0 Å². The molecule has 1 unspecified atom stereocenters. The van der Waals surface area contributed by atoms with Crippen LogP contribution in [-0.2, 0) is 16.8 Å². The molecule has 0 saturated carbocycles. The van der Waals surface area contributed by atoms with Crippen molar-refractivity contribution in [3.05, 3.63) is 16.6 Å². The van der Waals surface area contributed by atoms with Gasteiger partial charge in [0.05, 0.1) is 17.7 Å². The van der Waals surface area contributed by atoms with Crippen molar-refractivity contribution in [3.8, 4) is 0 Å². The molecule has 0 aromatic carbocycles. The Bertz CT molecular complexity index is 444. The van der Waals surface area contributed by atoms with Crippen LogP contribution in [0.25, 0.3) is 0 Å². The van der Waals surface area contributed by atoms with Crippen LogP contribution >= 0.6 is 11.3 Å². The summed E-state index contributed by atoms with van der Waals surface area (Å²) >= 11 is 1.47. The maximum atomic E-state index is 12.1. The summed E-state index contributed by atoms with van der Waals surface area (Å²) in [5.74, 6) is 0. The largest absolute Gasteiger partial charge is 0.280 e. The van der Waals surface area contributed by atoms with E-state index in [1.165, 1.54) is 11.3 Å². The first-order chi connectivity index (χ1) is 8.09. The number of thiazole rings is 1. The lowest BCUT2D eigenvalue weighted by atomic mass is 10.1. The van der Waals surface area contributed by atoms with E-state index in [1.54, 1.807) is 9.82 Å². The van der Waals surface area contributed by atoms with Gasteiger partial charge in [-0.2, -0.15) is 17.4 Å². The highest BCUT2D eigenvalue weighted by Crippen LogP contribution is 2.19. The van der Waals surface area contributed by atoms with Crippen LogP contribution in [0.3, 0.4) is 0 Å². The number of piperidine rings is 1. The zero-order chi connectivity index (χ0) is 12.3. The summed E-state index contributed by atoms with van der Waals surface area (Å²) in [6.45, 7) is 2.85. The van der Waals surface area contributed by atoms with E-state index in [0.29, 0.717) is 6.54 Å². The van der Waals surface area contributed by atoms with Gasteiger partial charge in [0.25, 0.3) is 10.2 Å². The van der Waals surface area contributed by atoms with Crippen molar-refractivity contribution in [3.63, 3.8) is 0 Å². The smallest absolute Gasteiger partial charge is 0.248 e. The van der Waals surface area contributed by atoms with Crippen LogP contribution in [-0.4, -0.2) is 30.3 Å². The fourth-order valence-corrected chi connectivity index (χ4v) is 4.00. The quantitative estimate of drug-likeness (QED) is 0.902. The molecule has 1 fully saturated rings. The second kappa shape index (κ2) is 5.43. The van der Waals surface area contributed by atoms with E-state index in [4.69, 9.17) is 0 Å². The number of hydrogen-bond acceptors (Lipinski definition) is 4. The summed E-state index contributed by atoms with van der Waals surface area (Å²) in [7, 11) is -3.36. The monoisotopic (exact) mass is 275 g/mol. The number of rotatable bonds is 4. The molecular weight excluding hydrogens is 258 g/mol. The Kier molecular flexibility index (Phi) is 4.13. The molecule has 1 atom stereocenters. The fraction of sp³-hybridized carbons (Fsp3) is 0.700.